The molecule has 1 aromatic heterocycles. The van der Waals surface area contributed by atoms with Gasteiger partial charge in [-0.25, -0.2) is 4.99 Å². The molecule has 0 fully saturated rings. The molecule has 2 aliphatic rings. The van der Waals surface area contributed by atoms with E-state index in [0.717, 1.165) is 28.3 Å². The highest BCUT2D eigenvalue weighted by Crippen LogP contribution is 2.47. The number of aliphatic imine (C=N–C) groups is 1. The van der Waals surface area contributed by atoms with Gasteiger partial charge in [0.25, 0.3) is 0 Å². The molecule has 3 nitrogen and oxygen atoms in total. The molecule has 2 atom stereocenters. The summed E-state index contributed by atoms with van der Waals surface area (Å²) in [5.74, 6) is 1.15. The number of fused-ring (bicyclic) bond motifs is 3. The van der Waals surface area contributed by atoms with Crippen molar-refractivity contribution in [2.75, 3.05) is 0 Å². The Labute approximate surface area is 130 Å². The summed E-state index contributed by atoms with van der Waals surface area (Å²) >= 11 is 0. The van der Waals surface area contributed by atoms with E-state index in [0.29, 0.717) is 0 Å². The van der Waals surface area contributed by atoms with E-state index in [4.69, 9.17) is 4.74 Å². The third-order valence-electron chi connectivity index (χ3n) is 4.34. The fourth-order valence-electron chi connectivity index (χ4n) is 3.16. The third-order valence-corrected chi connectivity index (χ3v) is 4.34. The Hall–Kier alpha value is -2.42. The topological polar surface area (TPSA) is 34.5 Å². The van der Waals surface area contributed by atoms with Crippen LogP contribution in [0.3, 0.4) is 0 Å². The predicted octanol–water partition coefficient (Wildman–Crippen LogP) is 4.20. The second-order valence-corrected chi connectivity index (χ2v) is 6.06. The average Bonchev–Trinajstić information content (AvgIpc) is 2.85. The van der Waals surface area contributed by atoms with Crippen LogP contribution in [-0.4, -0.2) is 16.9 Å². The van der Waals surface area contributed by atoms with Gasteiger partial charge in [-0.2, -0.15) is 0 Å². The number of pyridine rings is 1. The summed E-state index contributed by atoms with van der Waals surface area (Å²) in [6, 6.07) is 8.47. The molecule has 4 rings (SSSR count). The molecule has 0 radical (unpaired) electrons. The van der Waals surface area contributed by atoms with Crippen molar-refractivity contribution in [2.24, 2.45) is 4.99 Å². The standard InChI is InChI=1S/C19H18N2O/c1-11-4-9-16(20-10-11)17-12(2)5-7-14-15-8-6-13(3)21-19(15)22-18(14)17/h4-10,15,19H,1-3H3. The maximum Gasteiger partial charge on any atom is 0.200 e. The van der Waals surface area contributed by atoms with Crippen molar-refractivity contribution in [3.63, 3.8) is 0 Å². The number of aromatic nitrogens is 1. The van der Waals surface area contributed by atoms with Crippen molar-refractivity contribution in [3.8, 4) is 17.0 Å². The van der Waals surface area contributed by atoms with Gasteiger partial charge in [0.15, 0.2) is 6.23 Å². The van der Waals surface area contributed by atoms with Crippen LogP contribution in [0.5, 0.6) is 5.75 Å². The van der Waals surface area contributed by atoms with Crippen molar-refractivity contribution < 1.29 is 4.74 Å². The number of ether oxygens (including phenoxy) is 1. The van der Waals surface area contributed by atoms with Crippen molar-refractivity contribution >= 4 is 5.71 Å². The van der Waals surface area contributed by atoms with Gasteiger partial charge in [0.2, 0.25) is 0 Å². The van der Waals surface area contributed by atoms with Crippen LogP contribution in [0, 0.1) is 13.8 Å². The van der Waals surface area contributed by atoms with E-state index in [1.807, 2.05) is 20.0 Å². The Balaban J connectivity index is 1.88. The van der Waals surface area contributed by atoms with Gasteiger partial charge in [-0.3, -0.25) is 4.98 Å². The maximum absolute atomic E-state index is 6.20. The molecule has 0 amide bonds. The lowest BCUT2D eigenvalue weighted by Crippen LogP contribution is -2.19. The largest absolute Gasteiger partial charge is 0.467 e. The summed E-state index contributed by atoms with van der Waals surface area (Å²) < 4.78 is 6.20. The lowest BCUT2D eigenvalue weighted by molar-refractivity contribution is 0.230. The first-order valence-corrected chi connectivity index (χ1v) is 7.59. The van der Waals surface area contributed by atoms with Gasteiger partial charge >= 0.3 is 0 Å². The summed E-state index contributed by atoms with van der Waals surface area (Å²) in [5, 5.41) is 0. The third kappa shape index (κ3) is 1.97. The molecule has 2 unspecified atom stereocenters. The number of dihydropyridines is 1. The first-order valence-electron chi connectivity index (χ1n) is 7.59. The minimum Gasteiger partial charge on any atom is -0.467 e. The Kier molecular flexibility index (Phi) is 2.89. The monoisotopic (exact) mass is 290 g/mol. The van der Waals surface area contributed by atoms with Gasteiger partial charge in [-0.05, 0) is 44.0 Å². The molecular weight excluding hydrogens is 272 g/mol. The molecule has 0 spiro atoms. The fourth-order valence-corrected chi connectivity index (χ4v) is 3.16. The van der Waals surface area contributed by atoms with Crippen LogP contribution < -0.4 is 4.74 Å². The minimum absolute atomic E-state index is 0.133. The molecule has 1 aromatic carbocycles. The van der Waals surface area contributed by atoms with E-state index in [1.165, 1.54) is 11.1 Å². The maximum atomic E-state index is 6.20. The highest BCUT2D eigenvalue weighted by molar-refractivity contribution is 5.94. The molecule has 0 saturated carbocycles. The van der Waals surface area contributed by atoms with Crippen LogP contribution in [0.2, 0.25) is 0 Å². The second kappa shape index (κ2) is 4.80. The molecule has 2 aromatic rings. The smallest absolute Gasteiger partial charge is 0.200 e. The molecular formula is C19H18N2O. The lowest BCUT2D eigenvalue weighted by Gasteiger charge is -2.15. The van der Waals surface area contributed by atoms with Gasteiger partial charge in [-0.15, -0.1) is 0 Å². The van der Waals surface area contributed by atoms with Gasteiger partial charge in [0.1, 0.15) is 5.75 Å². The number of rotatable bonds is 1. The average molecular weight is 290 g/mol. The molecule has 110 valence electrons. The number of allylic oxidation sites excluding steroid dienone is 1. The molecule has 0 saturated heterocycles. The molecule has 3 heterocycles. The van der Waals surface area contributed by atoms with E-state index >= 15 is 0 Å². The highest BCUT2D eigenvalue weighted by atomic mass is 16.5. The van der Waals surface area contributed by atoms with Crippen LogP contribution in [0.4, 0.5) is 0 Å². The Morgan fingerprint density at radius 2 is 1.91 bits per heavy atom. The van der Waals surface area contributed by atoms with Gasteiger partial charge in [-0.1, -0.05) is 24.3 Å². The Bertz CT molecular complexity index is 803. The number of nitrogens with zero attached hydrogens (tertiary/aromatic N) is 2. The normalized spacial score (nSPS) is 21.9. The zero-order valence-electron chi connectivity index (χ0n) is 13.0. The van der Waals surface area contributed by atoms with Crippen LogP contribution in [0.1, 0.15) is 29.5 Å². The zero-order chi connectivity index (χ0) is 15.3. The number of hydrogen-bond acceptors (Lipinski definition) is 3. The van der Waals surface area contributed by atoms with E-state index in [2.05, 4.69) is 53.3 Å². The van der Waals surface area contributed by atoms with Crippen molar-refractivity contribution in [1.29, 1.82) is 0 Å². The molecule has 3 heteroatoms. The first kappa shape index (κ1) is 13.3. The summed E-state index contributed by atoms with van der Waals surface area (Å²) in [6.07, 6.45) is 6.04. The van der Waals surface area contributed by atoms with Crippen LogP contribution >= 0.6 is 0 Å². The molecule has 22 heavy (non-hydrogen) atoms. The van der Waals surface area contributed by atoms with Gasteiger partial charge < -0.3 is 4.74 Å². The van der Waals surface area contributed by atoms with Gasteiger partial charge in [0.05, 0.1) is 11.6 Å². The molecule has 0 N–H and O–H groups in total. The SMILES string of the molecule is CC1=NC2Oc3c(ccc(C)c3-c3ccc(C)cn3)C2C=C1. The molecule has 0 aliphatic carbocycles. The van der Waals surface area contributed by atoms with Crippen molar-refractivity contribution in [3.05, 3.63) is 59.3 Å². The van der Waals surface area contributed by atoms with Crippen LogP contribution in [-0.2, 0) is 0 Å². The minimum atomic E-state index is -0.133. The predicted molar refractivity (Wildman–Crippen MR) is 88.6 cm³/mol. The summed E-state index contributed by atoms with van der Waals surface area (Å²) in [4.78, 5) is 9.21. The van der Waals surface area contributed by atoms with Crippen molar-refractivity contribution in [2.45, 2.75) is 32.9 Å². The number of hydrogen-bond donors (Lipinski definition) is 0. The second-order valence-electron chi connectivity index (χ2n) is 6.06. The van der Waals surface area contributed by atoms with Gasteiger partial charge in [0, 0.05) is 23.0 Å². The molecule has 2 aliphatic heterocycles. The van der Waals surface area contributed by atoms with Crippen LogP contribution in [0.15, 0.2) is 47.6 Å². The first-order chi connectivity index (χ1) is 10.6. The number of aryl methyl sites for hydroxylation is 2. The Morgan fingerprint density at radius 1 is 1.05 bits per heavy atom. The summed E-state index contributed by atoms with van der Waals surface area (Å²) in [7, 11) is 0. The van der Waals surface area contributed by atoms with E-state index < -0.39 is 0 Å². The van der Waals surface area contributed by atoms with E-state index in [9.17, 15) is 0 Å². The quantitative estimate of drug-likeness (QED) is 0.789. The van der Waals surface area contributed by atoms with E-state index in [1.54, 1.807) is 0 Å². The lowest BCUT2D eigenvalue weighted by atomic mass is 9.92. The zero-order valence-corrected chi connectivity index (χ0v) is 13.0. The summed E-state index contributed by atoms with van der Waals surface area (Å²) in [6.45, 7) is 6.16. The Morgan fingerprint density at radius 3 is 2.68 bits per heavy atom. The van der Waals surface area contributed by atoms with Crippen molar-refractivity contribution in [1.82, 2.24) is 4.98 Å². The molecule has 0 bridgehead atoms. The fraction of sp³-hybridized carbons (Fsp3) is 0.263. The summed E-state index contributed by atoms with van der Waals surface area (Å²) in [5.41, 5.74) is 6.61. The number of benzene rings is 1. The highest BCUT2D eigenvalue weighted by Gasteiger charge is 2.36. The van der Waals surface area contributed by atoms with Crippen LogP contribution in [0.25, 0.3) is 11.3 Å². The van der Waals surface area contributed by atoms with E-state index in [-0.39, 0.29) is 12.1 Å².